The highest BCUT2D eigenvalue weighted by molar-refractivity contribution is 7.98. The molecule has 1 aliphatic heterocycles. The number of nitrogens with zero attached hydrogens (tertiary/aromatic N) is 1. The van der Waals surface area contributed by atoms with Crippen molar-refractivity contribution in [2.45, 2.75) is 12.8 Å². The molecule has 72 valence electrons. The first-order valence-electron chi connectivity index (χ1n) is 4.69. The van der Waals surface area contributed by atoms with Gasteiger partial charge in [0.25, 0.3) is 0 Å². The molecule has 1 rings (SSSR count). The maximum atomic E-state index is 8.92. The van der Waals surface area contributed by atoms with Crippen LogP contribution in [0.4, 0.5) is 0 Å². The van der Waals surface area contributed by atoms with Gasteiger partial charge in [0.15, 0.2) is 0 Å². The van der Waals surface area contributed by atoms with Gasteiger partial charge in [-0.2, -0.15) is 11.8 Å². The number of rotatable bonds is 5. The van der Waals surface area contributed by atoms with E-state index in [1.54, 1.807) is 0 Å². The summed E-state index contributed by atoms with van der Waals surface area (Å²) in [7, 11) is 0. The number of aliphatic hydroxyl groups is 1. The van der Waals surface area contributed by atoms with Crippen LogP contribution in [-0.2, 0) is 0 Å². The predicted molar refractivity (Wildman–Crippen MR) is 54.6 cm³/mol. The normalized spacial score (nSPS) is 25.0. The molecule has 0 aromatic carbocycles. The van der Waals surface area contributed by atoms with E-state index < -0.39 is 0 Å². The van der Waals surface area contributed by atoms with Crippen LogP contribution in [0.25, 0.3) is 0 Å². The van der Waals surface area contributed by atoms with Gasteiger partial charge in [-0.3, -0.25) is 0 Å². The fourth-order valence-corrected chi connectivity index (χ4v) is 2.12. The quantitative estimate of drug-likeness (QED) is 0.654. The van der Waals surface area contributed by atoms with Crippen LogP contribution in [-0.4, -0.2) is 48.3 Å². The molecule has 1 heterocycles. The molecule has 0 radical (unpaired) electrons. The van der Waals surface area contributed by atoms with Gasteiger partial charge in [-0.15, -0.1) is 0 Å². The molecule has 1 saturated heterocycles. The minimum absolute atomic E-state index is 0.374. The molecule has 0 spiro atoms. The molecule has 12 heavy (non-hydrogen) atoms. The van der Waals surface area contributed by atoms with E-state index in [1.165, 1.54) is 31.7 Å². The molecule has 1 aliphatic rings. The lowest BCUT2D eigenvalue weighted by Crippen LogP contribution is -2.23. The average Bonchev–Trinajstić information content (AvgIpc) is 2.53. The predicted octanol–water partition coefficient (Wildman–Crippen LogP) is 1.05. The molecule has 0 aliphatic carbocycles. The van der Waals surface area contributed by atoms with Crippen LogP contribution in [0, 0.1) is 5.92 Å². The van der Waals surface area contributed by atoms with Crippen molar-refractivity contribution in [3.8, 4) is 0 Å². The molecule has 1 N–H and O–H groups in total. The second-order valence-corrected chi connectivity index (χ2v) is 4.47. The third-order valence-electron chi connectivity index (χ3n) is 2.45. The smallest absolute Gasteiger partial charge is 0.0471 e. The summed E-state index contributed by atoms with van der Waals surface area (Å²) in [6.45, 7) is 3.90. The highest BCUT2D eigenvalue weighted by atomic mass is 32.2. The number of likely N-dealkylation sites (tertiary alicyclic amines) is 1. The molecule has 0 saturated carbocycles. The zero-order chi connectivity index (χ0) is 8.81. The summed E-state index contributed by atoms with van der Waals surface area (Å²) in [5.74, 6) is 1.82. The second-order valence-electron chi connectivity index (χ2n) is 3.48. The minimum atomic E-state index is 0.374. The average molecular weight is 189 g/mol. The van der Waals surface area contributed by atoms with Gasteiger partial charge in [0.05, 0.1) is 0 Å². The van der Waals surface area contributed by atoms with E-state index in [-0.39, 0.29) is 0 Å². The van der Waals surface area contributed by atoms with E-state index in [0.29, 0.717) is 12.5 Å². The summed E-state index contributed by atoms with van der Waals surface area (Å²) >= 11 is 1.92. The Hall–Kier alpha value is 0.270. The number of aliphatic hydroxyl groups excluding tert-OH is 1. The van der Waals surface area contributed by atoms with Crippen molar-refractivity contribution in [1.82, 2.24) is 4.90 Å². The van der Waals surface area contributed by atoms with Gasteiger partial charge in [-0.05, 0) is 43.9 Å². The van der Waals surface area contributed by atoms with Crippen molar-refractivity contribution in [1.29, 1.82) is 0 Å². The van der Waals surface area contributed by atoms with Crippen molar-refractivity contribution >= 4 is 11.8 Å². The van der Waals surface area contributed by atoms with Gasteiger partial charge in [-0.25, -0.2) is 0 Å². The van der Waals surface area contributed by atoms with Crippen LogP contribution >= 0.6 is 11.8 Å². The summed E-state index contributed by atoms with van der Waals surface area (Å²) < 4.78 is 0. The fourth-order valence-electron chi connectivity index (χ4n) is 1.70. The van der Waals surface area contributed by atoms with Gasteiger partial charge < -0.3 is 10.0 Å². The molecule has 0 amide bonds. The third kappa shape index (κ3) is 3.33. The molecular weight excluding hydrogens is 170 g/mol. The standard InChI is InChI=1S/C9H19NOS/c1-12-6-2-4-10-5-3-9(7-10)8-11/h9,11H,2-8H2,1H3. The Morgan fingerprint density at radius 2 is 2.42 bits per heavy atom. The fraction of sp³-hybridized carbons (Fsp3) is 1.00. The highest BCUT2D eigenvalue weighted by Gasteiger charge is 2.20. The minimum Gasteiger partial charge on any atom is -0.396 e. The Morgan fingerprint density at radius 1 is 1.58 bits per heavy atom. The number of hydrogen-bond acceptors (Lipinski definition) is 3. The van der Waals surface area contributed by atoms with Crippen LogP contribution in [0.3, 0.4) is 0 Å². The molecule has 1 atom stereocenters. The molecule has 1 unspecified atom stereocenters. The van der Waals surface area contributed by atoms with Crippen molar-refractivity contribution in [2.24, 2.45) is 5.92 Å². The van der Waals surface area contributed by atoms with E-state index >= 15 is 0 Å². The van der Waals surface area contributed by atoms with E-state index in [9.17, 15) is 0 Å². The monoisotopic (exact) mass is 189 g/mol. The summed E-state index contributed by atoms with van der Waals surface area (Å²) in [4.78, 5) is 2.47. The Morgan fingerprint density at radius 3 is 3.00 bits per heavy atom. The second kappa shape index (κ2) is 5.84. The number of thioether (sulfide) groups is 1. The SMILES string of the molecule is CSCCCN1CCC(CO)C1. The Balaban J connectivity index is 2.03. The van der Waals surface area contributed by atoms with Crippen molar-refractivity contribution in [2.75, 3.05) is 38.2 Å². The van der Waals surface area contributed by atoms with Gasteiger partial charge in [0.2, 0.25) is 0 Å². The lowest BCUT2D eigenvalue weighted by Gasteiger charge is -2.14. The molecular formula is C9H19NOS. The Labute approximate surface area is 79.3 Å². The molecule has 0 aromatic rings. The van der Waals surface area contributed by atoms with E-state index in [4.69, 9.17) is 5.11 Å². The Bertz CT molecular complexity index is 121. The van der Waals surface area contributed by atoms with Crippen LogP contribution in [0.5, 0.6) is 0 Å². The molecule has 0 aromatic heterocycles. The molecule has 1 fully saturated rings. The summed E-state index contributed by atoms with van der Waals surface area (Å²) in [5, 5.41) is 8.92. The summed E-state index contributed by atoms with van der Waals surface area (Å²) in [6, 6.07) is 0. The molecule has 0 bridgehead atoms. The van der Waals surface area contributed by atoms with E-state index in [0.717, 1.165) is 6.54 Å². The van der Waals surface area contributed by atoms with Gasteiger partial charge in [-0.1, -0.05) is 0 Å². The molecule has 2 nitrogen and oxygen atoms in total. The summed E-state index contributed by atoms with van der Waals surface area (Å²) in [5.41, 5.74) is 0. The third-order valence-corrected chi connectivity index (χ3v) is 3.15. The van der Waals surface area contributed by atoms with Gasteiger partial charge in [0.1, 0.15) is 0 Å². The first kappa shape index (κ1) is 10.4. The van der Waals surface area contributed by atoms with Crippen LogP contribution in [0.1, 0.15) is 12.8 Å². The van der Waals surface area contributed by atoms with E-state index in [2.05, 4.69) is 11.2 Å². The van der Waals surface area contributed by atoms with Crippen LogP contribution in [0.2, 0.25) is 0 Å². The molecule has 3 heteroatoms. The van der Waals surface area contributed by atoms with Gasteiger partial charge >= 0.3 is 0 Å². The van der Waals surface area contributed by atoms with E-state index in [1.807, 2.05) is 11.8 Å². The van der Waals surface area contributed by atoms with Crippen molar-refractivity contribution < 1.29 is 5.11 Å². The van der Waals surface area contributed by atoms with Gasteiger partial charge in [0, 0.05) is 13.2 Å². The lowest BCUT2D eigenvalue weighted by atomic mass is 10.1. The first-order valence-corrected chi connectivity index (χ1v) is 6.08. The first-order chi connectivity index (χ1) is 5.86. The number of hydrogen-bond donors (Lipinski definition) is 1. The van der Waals surface area contributed by atoms with Crippen molar-refractivity contribution in [3.63, 3.8) is 0 Å². The Kier molecular flexibility index (Phi) is 5.04. The zero-order valence-corrected chi connectivity index (χ0v) is 8.65. The maximum Gasteiger partial charge on any atom is 0.0471 e. The van der Waals surface area contributed by atoms with Crippen LogP contribution in [0.15, 0.2) is 0 Å². The van der Waals surface area contributed by atoms with Crippen LogP contribution < -0.4 is 0 Å². The highest BCUT2D eigenvalue weighted by Crippen LogP contribution is 2.15. The zero-order valence-electron chi connectivity index (χ0n) is 7.83. The lowest BCUT2D eigenvalue weighted by molar-refractivity contribution is 0.222. The topological polar surface area (TPSA) is 23.5 Å². The largest absolute Gasteiger partial charge is 0.396 e. The van der Waals surface area contributed by atoms with Crippen molar-refractivity contribution in [3.05, 3.63) is 0 Å². The maximum absolute atomic E-state index is 8.92. The summed E-state index contributed by atoms with van der Waals surface area (Å²) in [6.07, 6.45) is 4.63.